The Bertz CT molecular complexity index is 1840. The third kappa shape index (κ3) is 5.66. The highest BCUT2D eigenvalue weighted by Crippen LogP contribution is 2.50. The molecule has 1 saturated carbocycles. The predicted molar refractivity (Wildman–Crippen MR) is 154 cm³/mol. The summed E-state index contributed by atoms with van der Waals surface area (Å²) in [6.07, 6.45) is 0.406. The number of hydrogen-bond acceptors (Lipinski definition) is 7. The van der Waals surface area contributed by atoms with E-state index in [2.05, 4.69) is 26.0 Å². The van der Waals surface area contributed by atoms with Gasteiger partial charge in [0.15, 0.2) is 17.3 Å². The van der Waals surface area contributed by atoms with Crippen LogP contribution in [0, 0.1) is 28.4 Å². The van der Waals surface area contributed by atoms with E-state index >= 15 is 0 Å². The lowest BCUT2D eigenvalue weighted by Crippen LogP contribution is -2.34. The third-order valence-electron chi connectivity index (χ3n) is 9.12. The van der Waals surface area contributed by atoms with Crippen LogP contribution in [0.1, 0.15) is 66.7 Å². The second-order valence-corrected chi connectivity index (χ2v) is 12.4. The summed E-state index contributed by atoms with van der Waals surface area (Å²) in [7, 11) is 0. The molecule has 1 saturated heterocycles. The molecule has 4 aromatic rings. The number of benzene rings is 2. The minimum Gasteiger partial charge on any atom is -0.444 e. The molecule has 4 heterocycles. The molecule has 46 heavy (non-hydrogen) atoms. The molecule has 2 aliphatic heterocycles. The molecule has 0 amide bonds. The van der Waals surface area contributed by atoms with Gasteiger partial charge in [-0.05, 0) is 80.9 Å². The number of rotatable bonds is 7. The van der Waals surface area contributed by atoms with E-state index in [1.165, 1.54) is 18.3 Å². The summed E-state index contributed by atoms with van der Waals surface area (Å²) in [4.78, 5) is 10.5. The van der Waals surface area contributed by atoms with E-state index < -0.39 is 34.8 Å². The molecule has 2 aromatic heterocycles. The van der Waals surface area contributed by atoms with Crippen molar-refractivity contribution in [2.24, 2.45) is 5.41 Å². The summed E-state index contributed by atoms with van der Waals surface area (Å²) in [6, 6.07) is 13.1. The number of nitrogens with zero attached hydrogens (tertiary/aromatic N) is 5. The van der Waals surface area contributed by atoms with Gasteiger partial charge in [-0.15, -0.1) is 0 Å². The van der Waals surface area contributed by atoms with Gasteiger partial charge in [0.2, 0.25) is 5.82 Å². The Morgan fingerprint density at radius 2 is 1.87 bits per heavy atom. The lowest BCUT2D eigenvalue weighted by Gasteiger charge is -2.33. The van der Waals surface area contributed by atoms with Crippen molar-refractivity contribution in [3.8, 4) is 29.0 Å². The van der Waals surface area contributed by atoms with Crippen LogP contribution < -0.4 is 9.47 Å². The van der Waals surface area contributed by atoms with E-state index in [4.69, 9.17) is 9.47 Å². The first-order chi connectivity index (χ1) is 22.0. The van der Waals surface area contributed by atoms with Crippen molar-refractivity contribution in [2.45, 2.75) is 63.5 Å². The molecular weight excluding hydrogens is 607 g/mol. The van der Waals surface area contributed by atoms with Crippen LogP contribution in [0.25, 0.3) is 11.4 Å². The maximum atomic E-state index is 14.7. The van der Waals surface area contributed by atoms with Gasteiger partial charge in [-0.3, -0.25) is 15.0 Å². The summed E-state index contributed by atoms with van der Waals surface area (Å²) in [5.74, 6) is -2.95. The van der Waals surface area contributed by atoms with Gasteiger partial charge in [0.1, 0.15) is 11.6 Å². The molecule has 8 nitrogen and oxygen atoms in total. The molecule has 1 atom stereocenters. The highest BCUT2D eigenvalue weighted by atomic mass is 19.4. The number of aromatic amines is 1. The maximum Gasteiger partial charge on any atom is 0.451 e. The number of nitriles is 1. The van der Waals surface area contributed by atoms with Crippen LogP contribution in [0.2, 0.25) is 0 Å². The summed E-state index contributed by atoms with van der Waals surface area (Å²) >= 11 is 0. The summed E-state index contributed by atoms with van der Waals surface area (Å²) in [5, 5.41) is 15.4. The van der Waals surface area contributed by atoms with Crippen LogP contribution in [-0.4, -0.2) is 38.2 Å². The predicted octanol–water partition coefficient (Wildman–Crippen LogP) is 7.03. The summed E-state index contributed by atoms with van der Waals surface area (Å²) in [5.41, 5.74) is 2.50. The lowest BCUT2D eigenvalue weighted by molar-refractivity contribution is -0.144. The number of fused-ring (bicyclic) bond motifs is 1. The van der Waals surface area contributed by atoms with Crippen molar-refractivity contribution in [1.82, 2.24) is 25.1 Å². The number of H-pyrrole nitrogens is 1. The fourth-order valence-corrected chi connectivity index (χ4v) is 6.37. The number of ether oxygens (including phenoxy) is 2. The molecule has 1 N–H and O–H groups in total. The molecular formula is C33H29F5N6O2. The Hall–Kier alpha value is -4.57. The van der Waals surface area contributed by atoms with Crippen molar-refractivity contribution < 1.29 is 31.4 Å². The average Bonchev–Trinajstić information content (AvgIpc) is 3.42. The summed E-state index contributed by atoms with van der Waals surface area (Å²) < 4.78 is 79.8. The van der Waals surface area contributed by atoms with Gasteiger partial charge in [0.25, 0.3) is 5.79 Å². The monoisotopic (exact) mass is 636 g/mol. The second kappa shape index (κ2) is 11.0. The largest absolute Gasteiger partial charge is 0.451 e. The van der Waals surface area contributed by atoms with Gasteiger partial charge >= 0.3 is 6.18 Å². The van der Waals surface area contributed by atoms with Gasteiger partial charge in [0.05, 0.1) is 22.7 Å². The highest BCUT2D eigenvalue weighted by molar-refractivity contribution is 5.55. The zero-order valence-corrected chi connectivity index (χ0v) is 24.8. The van der Waals surface area contributed by atoms with E-state index in [0.29, 0.717) is 30.0 Å². The Labute approximate surface area is 261 Å². The minimum absolute atomic E-state index is 0.102. The van der Waals surface area contributed by atoms with Gasteiger partial charge < -0.3 is 9.47 Å². The molecule has 2 aromatic carbocycles. The number of nitrogens with one attached hydrogen (secondary N) is 1. The van der Waals surface area contributed by atoms with Gasteiger partial charge in [-0.25, -0.2) is 13.8 Å². The first kappa shape index (κ1) is 30.1. The topological polar surface area (TPSA) is 100.0 Å². The standard InChI is InChI=1S/C33H29F5N6O2/c1-31(24-6-5-22(34)14-25(24)35)45-27-4-2-3-23(28(27)46-31)19-7-11-44(12-8-19)17-26-20(15-32(18-39)9-10-32)13-21(16-40-26)29-41-30(43-42-29)33(36,37)38/h2-6,13-14,16,19H,7-12,15,17H2,1H3,(H,41,42,43)/t31-/m1/s1. The van der Waals surface area contributed by atoms with Gasteiger partial charge in [-0.2, -0.15) is 23.5 Å². The zero-order valence-electron chi connectivity index (χ0n) is 24.8. The molecule has 0 radical (unpaired) electrons. The molecule has 0 spiro atoms. The maximum absolute atomic E-state index is 14.7. The molecule has 0 bridgehead atoms. The van der Waals surface area contributed by atoms with Crippen molar-refractivity contribution in [3.05, 3.63) is 88.5 Å². The Morgan fingerprint density at radius 1 is 1.09 bits per heavy atom. The van der Waals surface area contributed by atoms with Crippen LogP contribution in [0.3, 0.4) is 0 Å². The fraction of sp³-hybridized carbons (Fsp3) is 0.394. The SMILES string of the molecule is C[C@@]1(c2ccc(F)cc2F)Oc2cccc(C3CCN(Cc4ncc(-c5n[nH]c(C(F)(F)F)n5)cc4CC4(C#N)CC4)CC3)c2O1. The second-order valence-electron chi connectivity index (χ2n) is 12.4. The molecule has 1 aliphatic carbocycles. The normalized spacial score (nSPS) is 20.9. The van der Waals surface area contributed by atoms with Crippen molar-refractivity contribution in [1.29, 1.82) is 5.26 Å². The molecule has 0 unspecified atom stereocenters. The number of para-hydroxylation sites is 1. The number of likely N-dealkylation sites (tertiary alicyclic amines) is 1. The van der Waals surface area contributed by atoms with Crippen molar-refractivity contribution >= 4 is 0 Å². The summed E-state index contributed by atoms with van der Waals surface area (Å²) in [6.45, 7) is 3.60. The highest BCUT2D eigenvalue weighted by Gasteiger charge is 2.45. The number of aromatic nitrogens is 4. The number of halogens is 5. The van der Waals surface area contributed by atoms with Crippen molar-refractivity contribution in [2.75, 3.05) is 13.1 Å². The van der Waals surface area contributed by atoms with E-state index in [0.717, 1.165) is 61.7 Å². The van der Waals surface area contributed by atoms with Gasteiger partial charge in [0, 0.05) is 36.9 Å². The lowest BCUT2D eigenvalue weighted by atomic mass is 9.88. The molecule has 7 rings (SSSR count). The Morgan fingerprint density at radius 3 is 2.54 bits per heavy atom. The fourth-order valence-electron chi connectivity index (χ4n) is 6.37. The smallest absolute Gasteiger partial charge is 0.444 e. The van der Waals surface area contributed by atoms with E-state index in [-0.39, 0.29) is 17.3 Å². The Balaban J connectivity index is 1.07. The molecule has 13 heteroatoms. The molecule has 2 fully saturated rings. The van der Waals surface area contributed by atoms with Crippen LogP contribution in [-0.2, 0) is 24.9 Å². The first-order valence-electron chi connectivity index (χ1n) is 15.0. The van der Waals surface area contributed by atoms with Crippen molar-refractivity contribution in [3.63, 3.8) is 0 Å². The van der Waals surface area contributed by atoms with E-state index in [1.807, 2.05) is 17.2 Å². The van der Waals surface area contributed by atoms with Gasteiger partial charge in [-0.1, -0.05) is 12.1 Å². The number of hydrogen-bond donors (Lipinski definition) is 1. The number of piperidine rings is 1. The van der Waals surface area contributed by atoms with E-state index in [1.54, 1.807) is 19.1 Å². The average molecular weight is 637 g/mol. The van der Waals surface area contributed by atoms with Crippen LogP contribution in [0.5, 0.6) is 11.5 Å². The quantitative estimate of drug-likeness (QED) is 0.217. The van der Waals surface area contributed by atoms with Crippen LogP contribution in [0.15, 0.2) is 48.7 Å². The molecule has 238 valence electrons. The number of pyridine rings is 1. The molecule has 3 aliphatic rings. The third-order valence-corrected chi connectivity index (χ3v) is 9.12. The minimum atomic E-state index is -4.65. The number of alkyl halides is 3. The van der Waals surface area contributed by atoms with Crippen LogP contribution >= 0.6 is 0 Å². The van der Waals surface area contributed by atoms with E-state index in [9.17, 15) is 27.2 Å². The first-order valence-corrected chi connectivity index (χ1v) is 15.0. The Kier molecular flexibility index (Phi) is 7.23. The zero-order chi connectivity index (χ0) is 32.3. The van der Waals surface area contributed by atoms with Crippen LogP contribution in [0.4, 0.5) is 22.0 Å².